The van der Waals surface area contributed by atoms with Crippen molar-refractivity contribution in [1.29, 1.82) is 0 Å². The Bertz CT molecular complexity index is 205. The van der Waals surface area contributed by atoms with Gasteiger partial charge in [0.2, 0.25) is 0 Å². The third-order valence-electron chi connectivity index (χ3n) is 4.49. The largest absolute Gasteiger partial charge is 0.314 e. The molecule has 0 aromatic carbocycles. The van der Waals surface area contributed by atoms with E-state index in [4.69, 9.17) is 0 Å². The molecule has 1 fully saturated rings. The lowest BCUT2D eigenvalue weighted by Crippen LogP contribution is -2.41. The monoisotopic (exact) mass is 254 g/mol. The van der Waals surface area contributed by atoms with Crippen LogP contribution in [0.1, 0.15) is 59.3 Å². The highest BCUT2D eigenvalue weighted by atomic mass is 15.1. The van der Waals surface area contributed by atoms with Crippen molar-refractivity contribution in [3.63, 3.8) is 0 Å². The second kappa shape index (κ2) is 8.92. The summed E-state index contributed by atoms with van der Waals surface area (Å²) in [4.78, 5) is 2.56. The molecule has 1 rings (SSSR count). The van der Waals surface area contributed by atoms with Gasteiger partial charge in [-0.2, -0.15) is 0 Å². The van der Waals surface area contributed by atoms with Gasteiger partial charge in [-0.3, -0.25) is 0 Å². The maximum Gasteiger partial charge on any atom is 0.0107 e. The third-order valence-corrected chi connectivity index (χ3v) is 4.49. The molecule has 0 amide bonds. The molecule has 0 saturated heterocycles. The summed E-state index contributed by atoms with van der Waals surface area (Å²) >= 11 is 0. The van der Waals surface area contributed by atoms with Crippen molar-refractivity contribution in [2.45, 2.75) is 65.3 Å². The minimum absolute atomic E-state index is 0.761. The zero-order chi connectivity index (χ0) is 13.4. The standard InChI is InChI=1S/C16H34N2/c1-5-14(3)12-18(4)13-15-10-8-7-9-11-16(15)17-6-2/h14-17H,5-13H2,1-4H3. The Kier molecular flexibility index (Phi) is 7.92. The molecule has 108 valence electrons. The molecule has 3 atom stereocenters. The Morgan fingerprint density at radius 1 is 1.17 bits per heavy atom. The molecule has 1 saturated carbocycles. The quantitative estimate of drug-likeness (QED) is 0.699. The van der Waals surface area contributed by atoms with Crippen molar-refractivity contribution in [2.75, 3.05) is 26.7 Å². The zero-order valence-electron chi connectivity index (χ0n) is 13.0. The summed E-state index contributed by atoms with van der Waals surface area (Å²) in [7, 11) is 2.31. The molecule has 0 aromatic heterocycles. The summed E-state index contributed by atoms with van der Waals surface area (Å²) < 4.78 is 0. The van der Waals surface area contributed by atoms with Gasteiger partial charge in [0, 0.05) is 19.1 Å². The molecule has 1 N–H and O–H groups in total. The first-order chi connectivity index (χ1) is 8.67. The highest BCUT2D eigenvalue weighted by Crippen LogP contribution is 2.24. The average molecular weight is 254 g/mol. The van der Waals surface area contributed by atoms with Crippen LogP contribution < -0.4 is 5.32 Å². The van der Waals surface area contributed by atoms with Crippen LogP contribution in [0.4, 0.5) is 0 Å². The molecule has 3 unspecified atom stereocenters. The average Bonchev–Trinajstić information content (AvgIpc) is 2.55. The molecule has 0 bridgehead atoms. The molecule has 0 aliphatic heterocycles. The summed E-state index contributed by atoms with van der Waals surface area (Å²) in [6.07, 6.45) is 8.39. The van der Waals surface area contributed by atoms with Gasteiger partial charge in [0.1, 0.15) is 0 Å². The summed E-state index contributed by atoms with van der Waals surface area (Å²) in [6, 6.07) is 0.761. The van der Waals surface area contributed by atoms with Gasteiger partial charge in [-0.05, 0) is 38.3 Å². The highest BCUT2D eigenvalue weighted by Gasteiger charge is 2.24. The number of nitrogens with zero attached hydrogens (tertiary/aromatic N) is 1. The van der Waals surface area contributed by atoms with Crippen LogP contribution in [0.2, 0.25) is 0 Å². The molecule has 0 radical (unpaired) electrons. The van der Waals surface area contributed by atoms with Gasteiger partial charge in [-0.1, -0.05) is 46.5 Å². The van der Waals surface area contributed by atoms with Crippen molar-refractivity contribution in [1.82, 2.24) is 10.2 Å². The van der Waals surface area contributed by atoms with Crippen LogP contribution in [0.3, 0.4) is 0 Å². The van der Waals surface area contributed by atoms with Gasteiger partial charge in [-0.15, -0.1) is 0 Å². The van der Waals surface area contributed by atoms with Crippen LogP contribution in [-0.4, -0.2) is 37.6 Å². The van der Waals surface area contributed by atoms with E-state index in [0.29, 0.717) is 0 Å². The number of hydrogen-bond donors (Lipinski definition) is 1. The fourth-order valence-corrected chi connectivity index (χ4v) is 3.27. The molecule has 2 heteroatoms. The molecule has 18 heavy (non-hydrogen) atoms. The normalized spacial score (nSPS) is 27.2. The second-order valence-electron chi connectivity index (χ2n) is 6.30. The van der Waals surface area contributed by atoms with Gasteiger partial charge >= 0.3 is 0 Å². The topological polar surface area (TPSA) is 15.3 Å². The Hall–Kier alpha value is -0.0800. The molecular formula is C16H34N2. The first-order valence-corrected chi connectivity index (χ1v) is 8.09. The van der Waals surface area contributed by atoms with Crippen LogP contribution in [-0.2, 0) is 0 Å². The van der Waals surface area contributed by atoms with E-state index in [0.717, 1.165) is 24.4 Å². The van der Waals surface area contributed by atoms with Gasteiger partial charge < -0.3 is 10.2 Å². The molecule has 1 aliphatic carbocycles. The summed E-state index contributed by atoms with van der Waals surface area (Å²) in [5.74, 6) is 1.69. The van der Waals surface area contributed by atoms with Crippen molar-refractivity contribution in [3.8, 4) is 0 Å². The lowest BCUT2D eigenvalue weighted by molar-refractivity contribution is 0.204. The Labute approximate surface area is 115 Å². The molecule has 0 aromatic rings. The van der Waals surface area contributed by atoms with E-state index in [1.165, 1.54) is 51.6 Å². The smallest absolute Gasteiger partial charge is 0.0107 e. The zero-order valence-corrected chi connectivity index (χ0v) is 13.0. The van der Waals surface area contributed by atoms with Crippen LogP contribution in [0.25, 0.3) is 0 Å². The van der Waals surface area contributed by atoms with Gasteiger partial charge in [-0.25, -0.2) is 0 Å². The van der Waals surface area contributed by atoms with E-state index in [1.807, 2.05) is 0 Å². The number of nitrogens with one attached hydrogen (secondary N) is 1. The number of hydrogen-bond acceptors (Lipinski definition) is 2. The SMILES string of the molecule is CCNC1CCCCCC1CN(C)CC(C)CC. The van der Waals surface area contributed by atoms with Crippen LogP contribution in [0.5, 0.6) is 0 Å². The second-order valence-corrected chi connectivity index (χ2v) is 6.30. The molecule has 0 heterocycles. The molecule has 1 aliphatic rings. The maximum absolute atomic E-state index is 3.72. The van der Waals surface area contributed by atoms with E-state index >= 15 is 0 Å². The van der Waals surface area contributed by atoms with Crippen molar-refractivity contribution in [3.05, 3.63) is 0 Å². The van der Waals surface area contributed by atoms with Crippen LogP contribution in [0.15, 0.2) is 0 Å². The minimum atomic E-state index is 0.761. The fourth-order valence-electron chi connectivity index (χ4n) is 3.27. The summed E-state index contributed by atoms with van der Waals surface area (Å²) in [5.41, 5.74) is 0. The third kappa shape index (κ3) is 5.71. The van der Waals surface area contributed by atoms with Crippen LogP contribution in [0, 0.1) is 11.8 Å². The van der Waals surface area contributed by atoms with Crippen molar-refractivity contribution in [2.24, 2.45) is 11.8 Å². The Morgan fingerprint density at radius 2 is 1.89 bits per heavy atom. The van der Waals surface area contributed by atoms with E-state index in [1.54, 1.807) is 0 Å². The van der Waals surface area contributed by atoms with Crippen molar-refractivity contribution < 1.29 is 0 Å². The lowest BCUT2D eigenvalue weighted by Gasteiger charge is -2.31. The van der Waals surface area contributed by atoms with Crippen molar-refractivity contribution >= 4 is 0 Å². The van der Waals surface area contributed by atoms with Gasteiger partial charge in [0.15, 0.2) is 0 Å². The van der Waals surface area contributed by atoms with Gasteiger partial charge in [0.05, 0.1) is 0 Å². The Balaban J connectivity index is 2.43. The molecular weight excluding hydrogens is 220 g/mol. The predicted molar refractivity (Wildman–Crippen MR) is 81.0 cm³/mol. The van der Waals surface area contributed by atoms with Crippen LogP contribution >= 0.6 is 0 Å². The maximum atomic E-state index is 3.72. The minimum Gasteiger partial charge on any atom is -0.314 e. The van der Waals surface area contributed by atoms with Gasteiger partial charge in [0.25, 0.3) is 0 Å². The molecule has 2 nitrogen and oxygen atoms in total. The van der Waals surface area contributed by atoms with E-state index in [2.05, 4.69) is 38.0 Å². The van der Waals surface area contributed by atoms with E-state index in [9.17, 15) is 0 Å². The summed E-state index contributed by atoms with van der Waals surface area (Å²) in [6.45, 7) is 10.6. The number of rotatable bonds is 7. The first-order valence-electron chi connectivity index (χ1n) is 8.09. The molecule has 0 spiro atoms. The van der Waals surface area contributed by atoms with E-state index < -0.39 is 0 Å². The predicted octanol–water partition coefficient (Wildman–Crippen LogP) is 3.52. The highest BCUT2D eigenvalue weighted by molar-refractivity contribution is 4.81. The Morgan fingerprint density at radius 3 is 2.56 bits per heavy atom. The summed E-state index contributed by atoms with van der Waals surface area (Å²) in [5, 5.41) is 3.72. The first kappa shape index (κ1) is 16.0. The fraction of sp³-hybridized carbons (Fsp3) is 1.00. The van der Waals surface area contributed by atoms with E-state index in [-0.39, 0.29) is 0 Å². The lowest BCUT2D eigenvalue weighted by atomic mass is 9.93.